The van der Waals surface area contributed by atoms with Crippen LogP contribution in [0, 0.1) is 5.82 Å². The Morgan fingerprint density at radius 1 is 1.24 bits per heavy atom. The van der Waals surface area contributed by atoms with Gasteiger partial charge in [0.25, 0.3) is 0 Å². The summed E-state index contributed by atoms with van der Waals surface area (Å²) in [5.74, 6) is -0.742. The van der Waals surface area contributed by atoms with E-state index < -0.39 is 11.7 Å². The highest BCUT2D eigenvalue weighted by atomic mass is 19.1. The SMILES string of the molecule is CC1=CC(C)(C)N(C)c2cc(F)c(/C=N/NC(=O)c3cc4ccccc4o3)cc21. The molecule has 5 nitrogen and oxygen atoms in total. The topological polar surface area (TPSA) is 57.8 Å². The van der Waals surface area contributed by atoms with E-state index >= 15 is 0 Å². The molecule has 0 aliphatic carbocycles. The first-order valence-corrected chi connectivity index (χ1v) is 9.35. The molecule has 2 heterocycles. The van der Waals surface area contributed by atoms with E-state index in [-0.39, 0.29) is 11.3 Å². The summed E-state index contributed by atoms with van der Waals surface area (Å²) in [4.78, 5) is 14.3. The molecule has 0 unspecified atom stereocenters. The van der Waals surface area contributed by atoms with Crippen molar-refractivity contribution in [2.24, 2.45) is 5.10 Å². The van der Waals surface area contributed by atoms with Crippen LogP contribution >= 0.6 is 0 Å². The highest BCUT2D eigenvalue weighted by Crippen LogP contribution is 2.38. The smallest absolute Gasteiger partial charge is 0.307 e. The van der Waals surface area contributed by atoms with Gasteiger partial charge in [0.05, 0.1) is 11.8 Å². The number of anilines is 1. The van der Waals surface area contributed by atoms with Gasteiger partial charge in [0.1, 0.15) is 11.4 Å². The Morgan fingerprint density at radius 3 is 2.76 bits per heavy atom. The van der Waals surface area contributed by atoms with E-state index in [0.717, 1.165) is 22.2 Å². The number of nitrogens with zero attached hydrogens (tertiary/aromatic N) is 2. The number of furan rings is 1. The van der Waals surface area contributed by atoms with E-state index in [4.69, 9.17) is 4.42 Å². The highest BCUT2D eigenvalue weighted by Gasteiger charge is 2.29. The molecular formula is C23H22FN3O2. The second kappa shape index (κ2) is 6.88. The maximum absolute atomic E-state index is 14.6. The predicted molar refractivity (Wildman–Crippen MR) is 114 cm³/mol. The fourth-order valence-electron chi connectivity index (χ4n) is 3.60. The van der Waals surface area contributed by atoms with Gasteiger partial charge in [0.15, 0.2) is 5.76 Å². The number of amides is 1. The summed E-state index contributed by atoms with van der Waals surface area (Å²) in [5.41, 5.74) is 5.97. The van der Waals surface area contributed by atoms with E-state index in [1.54, 1.807) is 18.2 Å². The molecule has 1 aliphatic rings. The summed E-state index contributed by atoms with van der Waals surface area (Å²) in [6, 6.07) is 12.2. The first-order valence-electron chi connectivity index (χ1n) is 9.35. The maximum atomic E-state index is 14.6. The highest BCUT2D eigenvalue weighted by molar-refractivity contribution is 5.96. The van der Waals surface area contributed by atoms with Gasteiger partial charge in [0, 0.05) is 29.2 Å². The lowest BCUT2D eigenvalue weighted by Crippen LogP contribution is -2.42. The number of hydrogen-bond donors (Lipinski definition) is 1. The van der Waals surface area contributed by atoms with Crippen LogP contribution in [-0.4, -0.2) is 24.7 Å². The summed E-state index contributed by atoms with van der Waals surface area (Å²) in [6.45, 7) is 6.18. The number of para-hydroxylation sites is 1. The van der Waals surface area contributed by atoms with Crippen molar-refractivity contribution in [1.82, 2.24) is 5.43 Å². The number of allylic oxidation sites excluding steroid dienone is 1. The van der Waals surface area contributed by atoms with Crippen molar-refractivity contribution >= 4 is 34.4 Å². The normalized spacial score (nSPS) is 15.5. The average Bonchev–Trinajstić information content (AvgIpc) is 3.11. The monoisotopic (exact) mass is 391 g/mol. The maximum Gasteiger partial charge on any atom is 0.307 e. The summed E-state index contributed by atoms with van der Waals surface area (Å²) >= 11 is 0. The molecule has 6 heteroatoms. The second-order valence-electron chi connectivity index (χ2n) is 7.78. The van der Waals surface area contributed by atoms with Crippen LogP contribution in [-0.2, 0) is 0 Å². The van der Waals surface area contributed by atoms with Crippen molar-refractivity contribution < 1.29 is 13.6 Å². The Bertz CT molecular complexity index is 1140. The Hall–Kier alpha value is -3.41. The van der Waals surface area contributed by atoms with E-state index in [1.807, 2.05) is 37.1 Å². The number of hydrazone groups is 1. The lowest BCUT2D eigenvalue weighted by molar-refractivity contribution is 0.0929. The number of hydrogen-bond acceptors (Lipinski definition) is 4. The molecule has 0 fully saturated rings. The van der Waals surface area contributed by atoms with Crippen LogP contribution in [0.15, 0.2) is 58.1 Å². The zero-order chi connectivity index (χ0) is 20.8. The molecule has 2 aromatic carbocycles. The van der Waals surface area contributed by atoms with Gasteiger partial charge < -0.3 is 9.32 Å². The first-order chi connectivity index (χ1) is 13.8. The summed E-state index contributed by atoms with van der Waals surface area (Å²) < 4.78 is 20.2. The fourth-order valence-corrected chi connectivity index (χ4v) is 3.60. The van der Waals surface area contributed by atoms with Crippen LogP contribution in [0.25, 0.3) is 16.5 Å². The molecule has 0 saturated heterocycles. The third kappa shape index (κ3) is 3.42. The molecule has 0 atom stereocenters. The van der Waals surface area contributed by atoms with Gasteiger partial charge in [-0.15, -0.1) is 0 Å². The first kappa shape index (κ1) is 18.9. The standard InChI is InChI=1S/C23H22FN3O2/c1-14-12-23(2,3)27(4)19-11-18(24)16(9-17(14)19)13-25-26-22(28)21-10-15-7-5-6-8-20(15)29-21/h5-13H,1-4H3,(H,26,28)/b25-13+. The molecule has 0 bridgehead atoms. The molecule has 0 spiro atoms. The number of halogens is 1. The molecule has 148 valence electrons. The molecule has 1 aliphatic heterocycles. The Labute approximate surface area is 168 Å². The van der Waals surface area contributed by atoms with Crippen molar-refractivity contribution in [2.45, 2.75) is 26.3 Å². The van der Waals surface area contributed by atoms with E-state index in [0.29, 0.717) is 11.1 Å². The van der Waals surface area contributed by atoms with E-state index in [2.05, 4.69) is 30.5 Å². The van der Waals surface area contributed by atoms with E-state index in [9.17, 15) is 9.18 Å². The molecule has 1 N–H and O–H groups in total. The van der Waals surface area contributed by atoms with Gasteiger partial charge in [0.2, 0.25) is 0 Å². The molecule has 3 aromatic rings. The number of rotatable bonds is 3. The summed E-state index contributed by atoms with van der Waals surface area (Å²) in [7, 11) is 1.95. The number of likely N-dealkylation sites (N-methyl/N-ethyl adjacent to an activating group) is 1. The minimum absolute atomic E-state index is 0.150. The Balaban J connectivity index is 1.56. The van der Waals surface area contributed by atoms with Gasteiger partial charge in [-0.3, -0.25) is 4.79 Å². The van der Waals surface area contributed by atoms with Crippen LogP contribution in [0.2, 0.25) is 0 Å². The van der Waals surface area contributed by atoms with Crippen LogP contribution in [0.4, 0.5) is 10.1 Å². The summed E-state index contributed by atoms with van der Waals surface area (Å²) in [6.07, 6.45) is 3.46. The van der Waals surface area contributed by atoms with Gasteiger partial charge in [-0.05, 0) is 50.6 Å². The van der Waals surface area contributed by atoms with Crippen molar-refractivity contribution in [2.75, 3.05) is 11.9 Å². The zero-order valence-electron chi connectivity index (χ0n) is 16.8. The predicted octanol–water partition coefficient (Wildman–Crippen LogP) is 4.97. The Morgan fingerprint density at radius 2 is 2.00 bits per heavy atom. The third-order valence-corrected chi connectivity index (χ3v) is 5.35. The van der Waals surface area contributed by atoms with Crippen molar-refractivity contribution in [3.63, 3.8) is 0 Å². The Kier molecular flexibility index (Phi) is 4.49. The number of benzene rings is 2. The minimum Gasteiger partial charge on any atom is -0.451 e. The molecule has 1 aromatic heterocycles. The van der Waals surface area contributed by atoms with Crippen molar-refractivity contribution in [1.29, 1.82) is 0 Å². The lowest BCUT2D eigenvalue weighted by atomic mass is 9.88. The number of carbonyl (C=O) groups excluding carboxylic acids is 1. The molecule has 0 radical (unpaired) electrons. The molecule has 29 heavy (non-hydrogen) atoms. The molecular weight excluding hydrogens is 369 g/mol. The van der Waals surface area contributed by atoms with Gasteiger partial charge >= 0.3 is 5.91 Å². The van der Waals surface area contributed by atoms with Crippen LogP contribution in [0.1, 0.15) is 42.5 Å². The molecule has 0 saturated carbocycles. The van der Waals surface area contributed by atoms with Gasteiger partial charge in [-0.1, -0.05) is 24.3 Å². The van der Waals surface area contributed by atoms with Gasteiger partial charge in [-0.25, -0.2) is 9.82 Å². The minimum atomic E-state index is -0.492. The second-order valence-corrected chi connectivity index (χ2v) is 7.78. The molecule has 4 rings (SSSR count). The third-order valence-electron chi connectivity index (χ3n) is 5.35. The fraction of sp³-hybridized carbons (Fsp3) is 0.217. The summed E-state index contributed by atoms with van der Waals surface area (Å²) in [5, 5.41) is 4.74. The number of nitrogens with one attached hydrogen (secondary N) is 1. The molecule has 1 amide bonds. The van der Waals surface area contributed by atoms with E-state index in [1.165, 1.54) is 12.3 Å². The van der Waals surface area contributed by atoms with Crippen molar-refractivity contribution in [3.8, 4) is 0 Å². The number of carbonyl (C=O) groups is 1. The zero-order valence-corrected chi connectivity index (χ0v) is 16.8. The lowest BCUT2D eigenvalue weighted by Gasteiger charge is -2.40. The van der Waals surface area contributed by atoms with Crippen LogP contribution in [0.3, 0.4) is 0 Å². The van der Waals surface area contributed by atoms with Crippen LogP contribution in [0.5, 0.6) is 0 Å². The van der Waals surface area contributed by atoms with Crippen LogP contribution < -0.4 is 10.3 Å². The van der Waals surface area contributed by atoms with Gasteiger partial charge in [-0.2, -0.15) is 5.10 Å². The average molecular weight is 391 g/mol. The quantitative estimate of drug-likeness (QED) is 0.507. The number of fused-ring (bicyclic) bond motifs is 2. The largest absolute Gasteiger partial charge is 0.451 e. The van der Waals surface area contributed by atoms with Crippen molar-refractivity contribution in [3.05, 3.63) is 71.2 Å².